The minimum Gasteiger partial charge on any atom is -0.478 e. The van der Waals surface area contributed by atoms with Crippen molar-refractivity contribution in [2.24, 2.45) is 0 Å². The number of carbonyl (C=O) groups is 1. The minimum absolute atomic E-state index is 0.228. The first-order valence-electron chi connectivity index (χ1n) is 6.24. The predicted octanol–water partition coefficient (Wildman–Crippen LogP) is 3.49. The van der Waals surface area contributed by atoms with Crippen molar-refractivity contribution in [3.8, 4) is 0 Å². The van der Waals surface area contributed by atoms with Crippen molar-refractivity contribution in [2.45, 2.75) is 39.4 Å². The molecule has 3 nitrogen and oxygen atoms in total. The van der Waals surface area contributed by atoms with Crippen LogP contribution in [0, 0.1) is 0 Å². The van der Waals surface area contributed by atoms with Gasteiger partial charge in [-0.15, -0.1) is 0 Å². The number of benzene rings is 1. The van der Waals surface area contributed by atoms with E-state index in [1.165, 1.54) is 0 Å². The fourth-order valence-electron chi connectivity index (χ4n) is 1.71. The smallest absolute Gasteiger partial charge is 0.328 e. The summed E-state index contributed by atoms with van der Waals surface area (Å²) in [6.07, 6.45) is 5.11. The Bertz CT molecular complexity index is 410. The standard InChI is InChI=1S/C15H20O3/c1-3-6-12(2)18-11-14-8-5-4-7-13(14)9-10-15(16)17/h4-5,7-10,12H,3,6,11H2,1-2H3,(H,16,17)/b10-9+. The number of carboxylic acids is 1. The molecule has 1 aromatic rings. The quantitative estimate of drug-likeness (QED) is 0.751. The van der Waals surface area contributed by atoms with E-state index in [1.54, 1.807) is 6.08 Å². The Hall–Kier alpha value is -1.61. The molecule has 0 saturated carbocycles. The lowest BCUT2D eigenvalue weighted by Crippen LogP contribution is -2.08. The van der Waals surface area contributed by atoms with Crippen LogP contribution in [0.25, 0.3) is 6.08 Å². The topological polar surface area (TPSA) is 46.5 Å². The van der Waals surface area contributed by atoms with Crippen LogP contribution in [0.5, 0.6) is 0 Å². The molecule has 0 aromatic heterocycles. The highest BCUT2D eigenvalue weighted by atomic mass is 16.5. The maximum atomic E-state index is 10.5. The highest BCUT2D eigenvalue weighted by molar-refractivity contribution is 5.85. The normalized spacial score (nSPS) is 12.8. The molecule has 0 fully saturated rings. The molecule has 0 heterocycles. The molecule has 0 aliphatic heterocycles. The highest BCUT2D eigenvalue weighted by Crippen LogP contribution is 2.14. The minimum atomic E-state index is -0.940. The number of hydrogen-bond donors (Lipinski definition) is 1. The number of aliphatic carboxylic acids is 1. The van der Waals surface area contributed by atoms with E-state index < -0.39 is 5.97 Å². The number of hydrogen-bond acceptors (Lipinski definition) is 2. The van der Waals surface area contributed by atoms with E-state index in [9.17, 15) is 4.79 Å². The van der Waals surface area contributed by atoms with Crippen LogP contribution in [0.1, 0.15) is 37.8 Å². The van der Waals surface area contributed by atoms with Crippen LogP contribution in [0.4, 0.5) is 0 Å². The number of carboxylic acid groups (broad SMARTS) is 1. The molecule has 1 aromatic carbocycles. The average Bonchev–Trinajstić information content (AvgIpc) is 2.35. The van der Waals surface area contributed by atoms with Crippen molar-refractivity contribution >= 4 is 12.0 Å². The Kier molecular flexibility index (Phi) is 6.15. The molecule has 0 bridgehead atoms. The van der Waals surface area contributed by atoms with Crippen LogP contribution in [-0.2, 0) is 16.1 Å². The summed E-state index contributed by atoms with van der Waals surface area (Å²) >= 11 is 0. The fourth-order valence-corrected chi connectivity index (χ4v) is 1.71. The van der Waals surface area contributed by atoms with Gasteiger partial charge in [-0.2, -0.15) is 0 Å². The molecule has 0 spiro atoms. The van der Waals surface area contributed by atoms with E-state index in [2.05, 4.69) is 13.8 Å². The third-order valence-electron chi connectivity index (χ3n) is 2.68. The zero-order valence-electron chi connectivity index (χ0n) is 10.9. The summed E-state index contributed by atoms with van der Waals surface area (Å²) in [6, 6.07) is 7.67. The lowest BCUT2D eigenvalue weighted by molar-refractivity contribution is -0.131. The van der Waals surface area contributed by atoms with E-state index >= 15 is 0 Å². The molecule has 0 amide bonds. The van der Waals surface area contributed by atoms with Gasteiger partial charge in [0.05, 0.1) is 12.7 Å². The van der Waals surface area contributed by atoms with Crippen molar-refractivity contribution in [3.05, 3.63) is 41.5 Å². The van der Waals surface area contributed by atoms with Gasteiger partial charge >= 0.3 is 5.97 Å². The number of ether oxygens (including phenoxy) is 1. The molecule has 0 aliphatic rings. The summed E-state index contributed by atoms with van der Waals surface area (Å²) in [4.78, 5) is 10.5. The van der Waals surface area contributed by atoms with Gasteiger partial charge in [-0.25, -0.2) is 4.79 Å². The molecule has 0 saturated heterocycles. The van der Waals surface area contributed by atoms with E-state index in [0.717, 1.165) is 30.0 Å². The van der Waals surface area contributed by atoms with Crippen LogP contribution in [-0.4, -0.2) is 17.2 Å². The van der Waals surface area contributed by atoms with E-state index in [0.29, 0.717) is 6.61 Å². The Morgan fingerprint density at radius 3 is 2.83 bits per heavy atom. The van der Waals surface area contributed by atoms with Gasteiger partial charge in [0.15, 0.2) is 0 Å². The second kappa shape index (κ2) is 7.67. The molecule has 1 N–H and O–H groups in total. The molecule has 1 rings (SSSR count). The van der Waals surface area contributed by atoms with Crippen LogP contribution >= 0.6 is 0 Å². The van der Waals surface area contributed by atoms with E-state index in [-0.39, 0.29) is 6.10 Å². The van der Waals surface area contributed by atoms with Crippen LogP contribution < -0.4 is 0 Å². The van der Waals surface area contributed by atoms with Gasteiger partial charge in [0, 0.05) is 6.08 Å². The lowest BCUT2D eigenvalue weighted by atomic mass is 10.1. The largest absolute Gasteiger partial charge is 0.478 e. The van der Waals surface area contributed by atoms with Crippen molar-refractivity contribution in [1.29, 1.82) is 0 Å². The second-order valence-corrected chi connectivity index (χ2v) is 4.28. The fraction of sp³-hybridized carbons (Fsp3) is 0.400. The molecular weight excluding hydrogens is 228 g/mol. The van der Waals surface area contributed by atoms with Gasteiger partial charge in [0.2, 0.25) is 0 Å². The first-order valence-corrected chi connectivity index (χ1v) is 6.24. The Morgan fingerprint density at radius 2 is 2.17 bits per heavy atom. The van der Waals surface area contributed by atoms with Gasteiger partial charge in [-0.05, 0) is 30.5 Å². The third kappa shape index (κ3) is 5.15. The van der Waals surface area contributed by atoms with Crippen molar-refractivity contribution < 1.29 is 14.6 Å². The monoisotopic (exact) mass is 248 g/mol. The Balaban J connectivity index is 2.67. The van der Waals surface area contributed by atoms with Gasteiger partial charge in [-0.3, -0.25) is 0 Å². The molecule has 1 unspecified atom stereocenters. The number of rotatable bonds is 7. The summed E-state index contributed by atoms with van der Waals surface area (Å²) < 4.78 is 5.73. The summed E-state index contributed by atoms with van der Waals surface area (Å²) in [7, 11) is 0. The molecular formula is C15H20O3. The van der Waals surface area contributed by atoms with Gasteiger partial charge in [-0.1, -0.05) is 37.6 Å². The van der Waals surface area contributed by atoms with E-state index in [1.807, 2.05) is 24.3 Å². The maximum absolute atomic E-state index is 10.5. The maximum Gasteiger partial charge on any atom is 0.328 e. The Labute approximate surface area is 108 Å². The van der Waals surface area contributed by atoms with Crippen LogP contribution in [0.2, 0.25) is 0 Å². The van der Waals surface area contributed by atoms with Gasteiger partial charge < -0.3 is 9.84 Å². The first kappa shape index (κ1) is 14.5. The van der Waals surface area contributed by atoms with Crippen LogP contribution in [0.3, 0.4) is 0 Å². The Morgan fingerprint density at radius 1 is 1.44 bits per heavy atom. The predicted molar refractivity (Wildman–Crippen MR) is 72.3 cm³/mol. The summed E-state index contributed by atoms with van der Waals surface area (Å²) in [5.74, 6) is -0.940. The third-order valence-corrected chi connectivity index (χ3v) is 2.68. The summed E-state index contributed by atoms with van der Waals surface area (Å²) in [5.41, 5.74) is 1.90. The zero-order chi connectivity index (χ0) is 13.4. The lowest BCUT2D eigenvalue weighted by Gasteiger charge is -2.13. The van der Waals surface area contributed by atoms with Crippen molar-refractivity contribution in [1.82, 2.24) is 0 Å². The molecule has 3 heteroatoms. The summed E-state index contributed by atoms with van der Waals surface area (Å²) in [5, 5.41) is 8.64. The van der Waals surface area contributed by atoms with Crippen molar-refractivity contribution in [2.75, 3.05) is 0 Å². The molecule has 1 atom stereocenters. The highest BCUT2D eigenvalue weighted by Gasteiger charge is 2.04. The van der Waals surface area contributed by atoms with Crippen LogP contribution in [0.15, 0.2) is 30.3 Å². The molecule has 0 aliphatic carbocycles. The van der Waals surface area contributed by atoms with Crippen molar-refractivity contribution in [3.63, 3.8) is 0 Å². The molecule has 98 valence electrons. The van der Waals surface area contributed by atoms with E-state index in [4.69, 9.17) is 9.84 Å². The van der Waals surface area contributed by atoms with Gasteiger partial charge in [0.25, 0.3) is 0 Å². The summed E-state index contributed by atoms with van der Waals surface area (Å²) in [6.45, 7) is 4.70. The SMILES string of the molecule is CCCC(C)OCc1ccccc1/C=C/C(=O)O. The average molecular weight is 248 g/mol. The molecule has 18 heavy (non-hydrogen) atoms. The second-order valence-electron chi connectivity index (χ2n) is 4.28. The zero-order valence-corrected chi connectivity index (χ0v) is 10.9. The molecule has 0 radical (unpaired) electrons. The van der Waals surface area contributed by atoms with Gasteiger partial charge in [0.1, 0.15) is 0 Å². The first-order chi connectivity index (χ1) is 8.63.